The lowest BCUT2D eigenvalue weighted by molar-refractivity contribution is -0.143. The molecule has 0 aliphatic carbocycles. The first-order valence-corrected chi connectivity index (χ1v) is 8.67. The van der Waals surface area contributed by atoms with E-state index in [1.807, 2.05) is 31.2 Å². The van der Waals surface area contributed by atoms with Crippen LogP contribution in [0.15, 0.2) is 48.5 Å². The number of carbonyl (C=O) groups excluding carboxylic acids is 2. The van der Waals surface area contributed by atoms with Gasteiger partial charge in [-0.2, -0.15) is 8.78 Å². The van der Waals surface area contributed by atoms with Crippen molar-refractivity contribution in [2.45, 2.75) is 20.1 Å². The monoisotopic (exact) mass is 405 g/mol. The molecule has 154 valence electrons. The number of methoxy groups -OCH3 is 1. The maximum Gasteiger partial charge on any atom is 0.387 e. The Morgan fingerprint density at radius 2 is 1.93 bits per heavy atom. The highest BCUT2D eigenvalue weighted by atomic mass is 19.3. The van der Waals surface area contributed by atoms with Crippen LogP contribution in [-0.2, 0) is 20.9 Å². The van der Waals surface area contributed by atoms with Gasteiger partial charge in [0.1, 0.15) is 0 Å². The van der Waals surface area contributed by atoms with E-state index in [0.29, 0.717) is 5.56 Å². The van der Waals surface area contributed by atoms with E-state index in [-0.39, 0.29) is 18.0 Å². The van der Waals surface area contributed by atoms with Crippen LogP contribution < -0.4 is 14.8 Å². The lowest BCUT2D eigenvalue weighted by Gasteiger charge is -2.12. The van der Waals surface area contributed by atoms with Crippen molar-refractivity contribution in [3.8, 4) is 11.5 Å². The van der Waals surface area contributed by atoms with Crippen molar-refractivity contribution in [1.29, 1.82) is 0 Å². The molecule has 0 saturated carbocycles. The molecule has 0 aliphatic heterocycles. The number of alkyl halides is 2. The van der Waals surface area contributed by atoms with Crippen LogP contribution in [0.3, 0.4) is 0 Å². The summed E-state index contributed by atoms with van der Waals surface area (Å²) in [5, 5.41) is 2.56. The van der Waals surface area contributed by atoms with Crippen molar-refractivity contribution in [3.05, 3.63) is 65.2 Å². The number of rotatable bonds is 9. The van der Waals surface area contributed by atoms with E-state index >= 15 is 0 Å². The van der Waals surface area contributed by atoms with Gasteiger partial charge < -0.3 is 19.5 Å². The molecule has 2 rings (SSSR count). The summed E-state index contributed by atoms with van der Waals surface area (Å²) >= 11 is 0. The second-order valence-corrected chi connectivity index (χ2v) is 6.00. The third-order valence-electron chi connectivity index (χ3n) is 3.73. The Balaban J connectivity index is 1.80. The second kappa shape index (κ2) is 10.8. The second-order valence-electron chi connectivity index (χ2n) is 6.00. The van der Waals surface area contributed by atoms with Gasteiger partial charge in [-0.3, -0.25) is 4.79 Å². The van der Waals surface area contributed by atoms with E-state index in [9.17, 15) is 18.4 Å². The Kier molecular flexibility index (Phi) is 8.14. The van der Waals surface area contributed by atoms with E-state index in [0.717, 1.165) is 11.1 Å². The van der Waals surface area contributed by atoms with Crippen molar-refractivity contribution >= 4 is 18.0 Å². The summed E-state index contributed by atoms with van der Waals surface area (Å²) in [6.45, 7) is -1.37. The number of nitrogens with one attached hydrogen (secondary N) is 1. The lowest BCUT2D eigenvalue weighted by atomic mass is 10.1. The van der Waals surface area contributed by atoms with Crippen molar-refractivity contribution in [2.75, 3.05) is 13.7 Å². The van der Waals surface area contributed by atoms with Crippen molar-refractivity contribution < 1.29 is 32.6 Å². The minimum atomic E-state index is -2.97. The summed E-state index contributed by atoms with van der Waals surface area (Å²) in [5.74, 6) is -1.14. The number of benzene rings is 2. The molecule has 0 radical (unpaired) electrons. The minimum Gasteiger partial charge on any atom is -0.493 e. The number of aryl methyl sites for hydroxylation is 1. The molecule has 0 fully saturated rings. The van der Waals surface area contributed by atoms with Gasteiger partial charge in [0.15, 0.2) is 18.1 Å². The third kappa shape index (κ3) is 7.61. The van der Waals surface area contributed by atoms with E-state index in [1.54, 1.807) is 6.08 Å². The molecule has 2 aromatic rings. The van der Waals surface area contributed by atoms with Crippen LogP contribution in [0.5, 0.6) is 11.5 Å². The van der Waals surface area contributed by atoms with Crippen LogP contribution >= 0.6 is 0 Å². The molecule has 0 unspecified atom stereocenters. The van der Waals surface area contributed by atoms with Crippen LogP contribution in [0.2, 0.25) is 0 Å². The van der Waals surface area contributed by atoms with E-state index < -0.39 is 25.1 Å². The van der Waals surface area contributed by atoms with Crippen molar-refractivity contribution in [2.24, 2.45) is 0 Å². The van der Waals surface area contributed by atoms with Gasteiger partial charge in [-0.05, 0) is 36.3 Å². The molecule has 0 spiro atoms. The number of hydrogen-bond donors (Lipinski definition) is 1. The molecule has 0 bridgehead atoms. The van der Waals surface area contributed by atoms with Gasteiger partial charge >= 0.3 is 12.6 Å². The number of carbonyl (C=O) groups is 2. The van der Waals surface area contributed by atoms with Gasteiger partial charge in [0.2, 0.25) is 0 Å². The molecule has 0 atom stereocenters. The molecular formula is C21H21F2NO5. The van der Waals surface area contributed by atoms with Gasteiger partial charge in [0.05, 0.1) is 7.11 Å². The van der Waals surface area contributed by atoms with E-state index in [4.69, 9.17) is 9.47 Å². The Bertz CT molecular complexity index is 883. The highest BCUT2D eigenvalue weighted by Gasteiger charge is 2.12. The number of esters is 1. The normalized spacial score (nSPS) is 10.8. The molecular weight excluding hydrogens is 384 g/mol. The molecule has 0 aromatic heterocycles. The number of amides is 1. The van der Waals surface area contributed by atoms with Gasteiger partial charge in [-0.1, -0.05) is 35.9 Å². The molecule has 1 N–H and O–H groups in total. The summed E-state index contributed by atoms with van der Waals surface area (Å²) < 4.78 is 38.9. The van der Waals surface area contributed by atoms with Gasteiger partial charge in [0, 0.05) is 12.6 Å². The Labute approximate surface area is 167 Å². The fourth-order valence-electron chi connectivity index (χ4n) is 2.39. The molecule has 1 amide bonds. The maximum absolute atomic E-state index is 12.3. The molecule has 0 heterocycles. The van der Waals surface area contributed by atoms with Gasteiger partial charge in [-0.15, -0.1) is 0 Å². The van der Waals surface area contributed by atoms with Crippen LogP contribution in [0.1, 0.15) is 16.7 Å². The van der Waals surface area contributed by atoms with E-state index in [2.05, 4.69) is 10.1 Å². The molecule has 0 saturated heterocycles. The molecule has 6 nitrogen and oxygen atoms in total. The predicted octanol–water partition coefficient (Wildman–Crippen LogP) is 3.48. The first kappa shape index (κ1) is 21.9. The molecule has 8 heteroatoms. The highest BCUT2D eigenvalue weighted by molar-refractivity contribution is 5.89. The van der Waals surface area contributed by atoms with Crippen LogP contribution in [0, 0.1) is 6.92 Å². The zero-order chi connectivity index (χ0) is 21.2. The SMILES string of the molecule is COc1cc(CNC(=O)COC(=O)/C=C/c2cccc(C)c2)ccc1OC(F)F. The fourth-order valence-corrected chi connectivity index (χ4v) is 2.39. The fraction of sp³-hybridized carbons (Fsp3) is 0.238. The predicted molar refractivity (Wildman–Crippen MR) is 103 cm³/mol. The number of halogens is 2. The Morgan fingerprint density at radius 3 is 2.62 bits per heavy atom. The standard InChI is InChI=1S/C21H21F2NO5/c1-14-4-3-5-15(10-14)7-9-20(26)28-13-19(25)24-12-16-6-8-17(29-21(22)23)18(11-16)27-2/h3-11,21H,12-13H2,1-2H3,(H,24,25)/b9-7+. The smallest absolute Gasteiger partial charge is 0.387 e. The van der Waals surface area contributed by atoms with Crippen LogP contribution in [0.4, 0.5) is 8.78 Å². The van der Waals surface area contributed by atoms with Crippen molar-refractivity contribution in [3.63, 3.8) is 0 Å². The summed E-state index contributed by atoms with van der Waals surface area (Å²) in [5.41, 5.74) is 2.51. The summed E-state index contributed by atoms with van der Waals surface area (Å²) in [6.07, 6.45) is 2.84. The Hall–Kier alpha value is -3.42. The van der Waals surface area contributed by atoms with Gasteiger partial charge in [0.25, 0.3) is 5.91 Å². The molecule has 29 heavy (non-hydrogen) atoms. The highest BCUT2D eigenvalue weighted by Crippen LogP contribution is 2.29. The average molecular weight is 405 g/mol. The topological polar surface area (TPSA) is 73.9 Å². The number of hydrogen-bond acceptors (Lipinski definition) is 5. The summed E-state index contributed by atoms with van der Waals surface area (Å²) in [4.78, 5) is 23.5. The number of ether oxygens (including phenoxy) is 3. The first-order valence-electron chi connectivity index (χ1n) is 8.67. The van der Waals surface area contributed by atoms with Crippen molar-refractivity contribution in [1.82, 2.24) is 5.32 Å². The lowest BCUT2D eigenvalue weighted by Crippen LogP contribution is -2.28. The quantitative estimate of drug-likeness (QED) is 0.511. The maximum atomic E-state index is 12.3. The van der Waals surface area contributed by atoms with Gasteiger partial charge in [-0.25, -0.2) is 4.79 Å². The summed E-state index contributed by atoms with van der Waals surface area (Å²) in [7, 11) is 1.32. The van der Waals surface area contributed by atoms with E-state index in [1.165, 1.54) is 31.4 Å². The van der Waals surface area contributed by atoms with Crippen LogP contribution in [0.25, 0.3) is 6.08 Å². The average Bonchev–Trinajstić information content (AvgIpc) is 2.69. The molecule has 0 aliphatic rings. The Morgan fingerprint density at radius 1 is 1.14 bits per heavy atom. The zero-order valence-corrected chi connectivity index (χ0v) is 16.0. The van der Waals surface area contributed by atoms with Crippen LogP contribution in [-0.4, -0.2) is 32.2 Å². The molecule has 2 aromatic carbocycles. The zero-order valence-electron chi connectivity index (χ0n) is 16.0. The third-order valence-corrected chi connectivity index (χ3v) is 3.73. The first-order chi connectivity index (χ1) is 13.9. The largest absolute Gasteiger partial charge is 0.493 e. The minimum absolute atomic E-state index is 0.0980. The summed E-state index contributed by atoms with van der Waals surface area (Å²) in [6, 6.07) is 11.9.